The van der Waals surface area contributed by atoms with Gasteiger partial charge in [0.2, 0.25) is 0 Å². The van der Waals surface area contributed by atoms with Crippen LogP contribution in [0.2, 0.25) is 5.15 Å². The number of anilines is 1. The van der Waals surface area contributed by atoms with E-state index in [9.17, 15) is 5.11 Å². The molecule has 1 atom stereocenters. The lowest BCUT2D eigenvalue weighted by atomic mass is 10.1. The Bertz CT molecular complexity index is 368. The summed E-state index contributed by atoms with van der Waals surface area (Å²) in [5.41, 5.74) is 1.88. The molecule has 0 radical (unpaired) electrons. The minimum atomic E-state index is -0.391. The molecule has 1 heterocycles. The Labute approximate surface area is 101 Å². The van der Waals surface area contributed by atoms with Gasteiger partial charge in [0.05, 0.1) is 6.10 Å². The van der Waals surface area contributed by atoms with Crippen LogP contribution < -0.4 is 5.32 Å². The van der Waals surface area contributed by atoms with Gasteiger partial charge in [-0.15, -0.1) is 10.2 Å². The van der Waals surface area contributed by atoms with Crippen LogP contribution in [0.25, 0.3) is 0 Å². The van der Waals surface area contributed by atoms with Gasteiger partial charge in [0, 0.05) is 6.54 Å². The molecule has 1 rings (SSSR count). The lowest BCUT2D eigenvalue weighted by Crippen LogP contribution is -2.25. The molecule has 2 N–H and O–H groups in total. The number of nitrogens with one attached hydrogen (secondary N) is 1. The van der Waals surface area contributed by atoms with E-state index in [4.69, 9.17) is 11.6 Å². The first-order chi connectivity index (χ1) is 7.43. The van der Waals surface area contributed by atoms with Crippen LogP contribution in [0.3, 0.4) is 0 Å². The van der Waals surface area contributed by atoms with E-state index in [2.05, 4.69) is 15.5 Å². The SMILES string of the molecule is Cc1c(Cl)nnc(NCC(O)C(C)C)c1C. The highest BCUT2D eigenvalue weighted by atomic mass is 35.5. The average molecular weight is 244 g/mol. The minimum absolute atomic E-state index is 0.217. The number of aromatic nitrogens is 2. The standard InChI is InChI=1S/C11H18ClN3O/c1-6(2)9(16)5-13-11-8(4)7(3)10(12)14-15-11/h6,9,16H,5H2,1-4H3,(H,13,15). The van der Waals surface area contributed by atoms with Gasteiger partial charge >= 0.3 is 0 Å². The zero-order valence-electron chi connectivity index (χ0n) is 10.1. The monoisotopic (exact) mass is 243 g/mol. The van der Waals surface area contributed by atoms with Crippen molar-refractivity contribution >= 4 is 17.4 Å². The normalized spacial score (nSPS) is 12.9. The van der Waals surface area contributed by atoms with Crippen molar-refractivity contribution < 1.29 is 5.11 Å². The first kappa shape index (κ1) is 13.2. The van der Waals surface area contributed by atoms with Crippen LogP contribution in [0.15, 0.2) is 0 Å². The molecule has 0 aromatic carbocycles. The average Bonchev–Trinajstić information content (AvgIpc) is 2.24. The Morgan fingerprint density at radius 3 is 2.44 bits per heavy atom. The number of halogens is 1. The molecular formula is C11H18ClN3O. The van der Waals surface area contributed by atoms with Crippen molar-refractivity contribution in [2.75, 3.05) is 11.9 Å². The van der Waals surface area contributed by atoms with Gasteiger partial charge in [-0.05, 0) is 30.9 Å². The zero-order chi connectivity index (χ0) is 12.3. The lowest BCUT2D eigenvalue weighted by Gasteiger charge is -2.16. The van der Waals surface area contributed by atoms with Crippen LogP contribution in [0, 0.1) is 19.8 Å². The molecule has 0 saturated carbocycles. The van der Waals surface area contributed by atoms with Gasteiger partial charge in [0.1, 0.15) is 0 Å². The number of hydrogen-bond donors (Lipinski definition) is 2. The predicted molar refractivity (Wildman–Crippen MR) is 65.9 cm³/mol. The summed E-state index contributed by atoms with van der Waals surface area (Å²) < 4.78 is 0. The maximum Gasteiger partial charge on any atom is 0.155 e. The molecule has 0 spiro atoms. The summed E-state index contributed by atoms with van der Waals surface area (Å²) in [5.74, 6) is 0.899. The summed E-state index contributed by atoms with van der Waals surface area (Å²) >= 11 is 5.85. The molecule has 1 unspecified atom stereocenters. The lowest BCUT2D eigenvalue weighted by molar-refractivity contribution is 0.138. The Balaban J connectivity index is 2.72. The fourth-order valence-electron chi connectivity index (χ4n) is 1.18. The predicted octanol–water partition coefficient (Wildman–Crippen LogP) is 2.18. The fraction of sp³-hybridized carbons (Fsp3) is 0.636. The Morgan fingerprint density at radius 1 is 1.25 bits per heavy atom. The Kier molecular flexibility index (Phi) is 4.50. The number of hydrogen-bond acceptors (Lipinski definition) is 4. The first-order valence-electron chi connectivity index (χ1n) is 5.34. The summed E-state index contributed by atoms with van der Waals surface area (Å²) in [4.78, 5) is 0. The summed E-state index contributed by atoms with van der Waals surface area (Å²) in [5, 5.41) is 21.0. The van der Waals surface area contributed by atoms with Crippen LogP contribution in [-0.4, -0.2) is 28.0 Å². The van der Waals surface area contributed by atoms with Crippen molar-refractivity contribution in [3.63, 3.8) is 0 Å². The van der Waals surface area contributed by atoms with Crippen molar-refractivity contribution in [3.05, 3.63) is 16.3 Å². The van der Waals surface area contributed by atoms with Gasteiger partial charge in [-0.2, -0.15) is 0 Å². The largest absolute Gasteiger partial charge is 0.391 e. The molecule has 0 bridgehead atoms. The quantitative estimate of drug-likeness (QED) is 0.851. The van der Waals surface area contributed by atoms with Crippen molar-refractivity contribution in [1.29, 1.82) is 0 Å². The topological polar surface area (TPSA) is 58.0 Å². The van der Waals surface area contributed by atoms with E-state index in [1.807, 2.05) is 27.7 Å². The van der Waals surface area contributed by atoms with E-state index in [1.54, 1.807) is 0 Å². The molecule has 16 heavy (non-hydrogen) atoms. The summed E-state index contributed by atoms with van der Waals surface area (Å²) in [6.07, 6.45) is -0.391. The maximum absolute atomic E-state index is 9.67. The van der Waals surface area contributed by atoms with E-state index >= 15 is 0 Å². The molecule has 1 aromatic rings. The second-order valence-corrected chi connectivity index (χ2v) is 4.64. The minimum Gasteiger partial charge on any atom is -0.391 e. The van der Waals surface area contributed by atoms with Gasteiger partial charge in [0.15, 0.2) is 11.0 Å². The van der Waals surface area contributed by atoms with E-state index < -0.39 is 6.10 Å². The molecule has 4 nitrogen and oxygen atoms in total. The molecular weight excluding hydrogens is 226 g/mol. The molecule has 0 saturated heterocycles. The van der Waals surface area contributed by atoms with Gasteiger partial charge in [-0.1, -0.05) is 25.4 Å². The highest BCUT2D eigenvalue weighted by Gasteiger charge is 2.12. The highest BCUT2D eigenvalue weighted by Crippen LogP contribution is 2.20. The number of nitrogens with zero attached hydrogens (tertiary/aromatic N) is 2. The first-order valence-corrected chi connectivity index (χ1v) is 5.72. The van der Waals surface area contributed by atoms with E-state index in [0.29, 0.717) is 17.5 Å². The zero-order valence-corrected chi connectivity index (χ0v) is 10.8. The molecule has 0 amide bonds. The molecule has 5 heteroatoms. The third-order valence-corrected chi connectivity index (χ3v) is 3.07. The van der Waals surface area contributed by atoms with Crippen LogP contribution in [0.1, 0.15) is 25.0 Å². The summed E-state index contributed by atoms with van der Waals surface area (Å²) in [7, 11) is 0. The summed E-state index contributed by atoms with van der Waals surface area (Å²) in [6.45, 7) is 8.24. The number of aliphatic hydroxyl groups excluding tert-OH is 1. The van der Waals surface area contributed by atoms with Crippen molar-refractivity contribution in [2.45, 2.75) is 33.8 Å². The van der Waals surface area contributed by atoms with Crippen LogP contribution in [0.4, 0.5) is 5.82 Å². The van der Waals surface area contributed by atoms with Crippen molar-refractivity contribution in [2.24, 2.45) is 5.92 Å². The second-order valence-electron chi connectivity index (χ2n) is 4.28. The van der Waals surface area contributed by atoms with Gasteiger partial charge in [-0.3, -0.25) is 0 Å². The summed E-state index contributed by atoms with van der Waals surface area (Å²) in [6, 6.07) is 0. The van der Waals surface area contributed by atoms with Gasteiger partial charge in [-0.25, -0.2) is 0 Å². The Morgan fingerprint density at radius 2 is 1.88 bits per heavy atom. The van der Waals surface area contributed by atoms with Gasteiger partial charge < -0.3 is 10.4 Å². The van der Waals surface area contributed by atoms with Crippen molar-refractivity contribution in [3.8, 4) is 0 Å². The molecule has 0 aliphatic rings. The number of rotatable bonds is 4. The second kappa shape index (κ2) is 5.46. The molecule has 1 aromatic heterocycles. The molecule has 90 valence electrons. The highest BCUT2D eigenvalue weighted by molar-refractivity contribution is 6.30. The molecule has 0 aliphatic carbocycles. The maximum atomic E-state index is 9.67. The number of aliphatic hydroxyl groups is 1. The van der Waals surface area contributed by atoms with Gasteiger partial charge in [0.25, 0.3) is 0 Å². The van der Waals surface area contributed by atoms with Crippen molar-refractivity contribution in [1.82, 2.24) is 10.2 Å². The van der Waals surface area contributed by atoms with E-state index in [0.717, 1.165) is 11.1 Å². The Hall–Kier alpha value is -0.870. The van der Waals surface area contributed by atoms with Crippen LogP contribution >= 0.6 is 11.6 Å². The third-order valence-electron chi connectivity index (χ3n) is 2.71. The van der Waals surface area contributed by atoms with E-state index in [1.165, 1.54) is 0 Å². The van der Waals surface area contributed by atoms with E-state index in [-0.39, 0.29) is 5.92 Å². The smallest absolute Gasteiger partial charge is 0.155 e. The third kappa shape index (κ3) is 3.06. The fourth-order valence-corrected chi connectivity index (χ4v) is 1.36. The van der Waals surface area contributed by atoms with Crippen LogP contribution in [-0.2, 0) is 0 Å². The van der Waals surface area contributed by atoms with Crippen LogP contribution in [0.5, 0.6) is 0 Å². The molecule has 0 fully saturated rings. The molecule has 0 aliphatic heterocycles.